The van der Waals surface area contributed by atoms with E-state index in [1.54, 1.807) is 30.3 Å². The minimum absolute atomic E-state index is 0.0197. The van der Waals surface area contributed by atoms with Gasteiger partial charge in [0.25, 0.3) is 0 Å². The highest BCUT2D eigenvalue weighted by atomic mass is 35.5. The van der Waals surface area contributed by atoms with Gasteiger partial charge in [-0.25, -0.2) is 9.18 Å². The first-order valence-electron chi connectivity index (χ1n) is 9.41. The highest BCUT2D eigenvalue weighted by Gasteiger charge is 2.46. The third-order valence-electron chi connectivity index (χ3n) is 5.33. The van der Waals surface area contributed by atoms with Crippen LogP contribution >= 0.6 is 23.2 Å². The van der Waals surface area contributed by atoms with E-state index in [1.807, 2.05) is 36.4 Å². The number of aliphatic imine (C=N–C) groups is 1. The van der Waals surface area contributed by atoms with Gasteiger partial charge in [0, 0.05) is 16.9 Å². The molecule has 3 nitrogen and oxygen atoms in total. The van der Waals surface area contributed by atoms with Crippen LogP contribution in [0.5, 0.6) is 0 Å². The molecular weight excluding hydrogens is 424 g/mol. The van der Waals surface area contributed by atoms with Crippen LogP contribution in [0.1, 0.15) is 28.5 Å². The average Bonchev–Trinajstić information content (AvgIpc) is 3.16. The third kappa shape index (κ3) is 3.73. The average molecular weight is 442 g/mol. The number of hydrogen-bond donors (Lipinski definition) is 0. The molecule has 3 aromatic rings. The smallest absolute Gasteiger partial charge is 0.331 e. The molecule has 3 unspecified atom stereocenters. The Hall–Kier alpha value is -2.69. The lowest BCUT2D eigenvalue weighted by atomic mass is 9.76. The van der Waals surface area contributed by atoms with Crippen LogP contribution in [0, 0.1) is 5.82 Å². The van der Waals surface area contributed by atoms with Gasteiger partial charge in [0.15, 0.2) is 6.04 Å². The van der Waals surface area contributed by atoms with Crippen LogP contribution in [0.25, 0.3) is 0 Å². The van der Waals surface area contributed by atoms with Gasteiger partial charge in [-0.15, -0.1) is 0 Å². The maximum Gasteiger partial charge on any atom is 0.331 e. The molecule has 6 heteroatoms. The van der Waals surface area contributed by atoms with E-state index in [4.69, 9.17) is 32.9 Å². The normalized spacial score (nSPS) is 20.7. The molecule has 1 aliphatic rings. The quantitative estimate of drug-likeness (QED) is 0.462. The Morgan fingerprint density at radius 2 is 1.73 bits per heavy atom. The standard InChI is InChI=1S/C24H18Cl2FNO2/c1-30-24(29)23-19(15-9-5-10-16(25)13-15)20(17-11-6-12-18(26)21(17)27)22(28-23)14-7-3-2-4-8-14/h2-13,19-20,23H,1H3. The van der Waals surface area contributed by atoms with Gasteiger partial charge in [-0.1, -0.05) is 77.8 Å². The van der Waals surface area contributed by atoms with Crippen molar-refractivity contribution in [2.75, 3.05) is 7.11 Å². The zero-order chi connectivity index (χ0) is 21.3. The fourth-order valence-electron chi connectivity index (χ4n) is 4.04. The number of carbonyl (C=O) groups is 1. The summed E-state index contributed by atoms with van der Waals surface area (Å²) in [6, 6.07) is 20.7. The maximum absolute atomic E-state index is 15.2. The van der Waals surface area contributed by atoms with Gasteiger partial charge in [-0.05, 0) is 34.9 Å². The minimum Gasteiger partial charge on any atom is -0.467 e. The number of rotatable bonds is 4. The number of esters is 1. The van der Waals surface area contributed by atoms with Crippen LogP contribution in [0.4, 0.5) is 4.39 Å². The van der Waals surface area contributed by atoms with Crippen molar-refractivity contribution in [1.82, 2.24) is 0 Å². The first-order chi connectivity index (χ1) is 14.5. The Labute approximate surface area is 184 Å². The van der Waals surface area contributed by atoms with Crippen molar-refractivity contribution in [3.8, 4) is 0 Å². The summed E-state index contributed by atoms with van der Waals surface area (Å²) in [7, 11) is 1.32. The van der Waals surface area contributed by atoms with E-state index in [2.05, 4.69) is 0 Å². The summed E-state index contributed by atoms with van der Waals surface area (Å²) >= 11 is 12.3. The predicted octanol–water partition coefficient (Wildman–Crippen LogP) is 6.04. The highest BCUT2D eigenvalue weighted by molar-refractivity contribution is 6.31. The molecule has 0 saturated carbocycles. The van der Waals surface area contributed by atoms with Crippen LogP contribution in [-0.4, -0.2) is 24.8 Å². The van der Waals surface area contributed by atoms with Gasteiger partial charge in [0.1, 0.15) is 5.82 Å². The minimum atomic E-state index is -0.841. The van der Waals surface area contributed by atoms with Crippen LogP contribution in [-0.2, 0) is 9.53 Å². The van der Waals surface area contributed by atoms with Gasteiger partial charge < -0.3 is 4.74 Å². The molecule has 0 aromatic heterocycles. The largest absolute Gasteiger partial charge is 0.467 e. The maximum atomic E-state index is 15.2. The van der Waals surface area contributed by atoms with E-state index >= 15 is 4.39 Å². The SMILES string of the molecule is COC(=O)C1N=C(c2ccccc2)C(c2cccc(Cl)c2F)C1c1cccc(Cl)c1. The molecule has 0 N–H and O–H groups in total. The Kier molecular flexibility index (Phi) is 5.89. The van der Waals surface area contributed by atoms with E-state index < -0.39 is 29.7 Å². The highest BCUT2D eigenvalue weighted by Crippen LogP contribution is 2.46. The first-order valence-corrected chi connectivity index (χ1v) is 10.2. The van der Waals surface area contributed by atoms with Crippen LogP contribution in [0.15, 0.2) is 77.8 Å². The number of ether oxygens (including phenoxy) is 1. The first kappa shape index (κ1) is 20.6. The molecule has 0 aliphatic carbocycles. The molecule has 1 aliphatic heterocycles. The van der Waals surface area contributed by atoms with Gasteiger partial charge in [-0.2, -0.15) is 0 Å². The molecule has 3 atom stereocenters. The Bertz CT molecular complexity index is 1120. The molecule has 30 heavy (non-hydrogen) atoms. The van der Waals surface area contributed by atoms with E-state index in [0.717, 1.165) is 11.1 Å². The topological polar surface area (TPSA) is 38.7 Å². The molecule has 1 heterocycles. The molecule has 0 radical (unpaired) electrons. The summed E-state index contributed by atoms with van der Waals surface area (Å²) in [5.74, 6) is -2.06. The van der Waals surface area contributed by atoms with Crippen molar-refractivity contribution >= 4 is 34.9 Å². The number of carbonyl (C=O) groups excluding carboxylic acids is 1. The van der Waals surface area contributed by atoms with E-state index in [9.17, 15) is 4.79 Å². The zero-order valence-corrected chi connectivity index (χ0v) is 17.6. The van der Waals surface area contributed by atoms with Crippen molar-refractivity contribution in [2.45, 2.75) is 17.9 Å². The van der Waals surface area contributed by atoms with Crippen molar-refractivity contribution < 1.29 is 13.9 Å². The molecule has 4 rings (SSSR count). The van der Waals surface area contributed by atoms with Crippen molar-refractivity contribution in [2.24, 2.45) is 4.99 Å². The van der Waals surface area contributed by atoms with Crippen molar-refractivity contribution in [1.29, 1.82) is 0 Å². The van der Waals surface area contributed by atoms with Gasteiger partial charge in [0.2, 0.25) is 0 Å². The number of nitrogens with zero attached hydrogens (tertiary/aromatic N) is 1. The van der Waals surface area contributed by atoms with Crippen LogP contribution in [0.3, 0.4) is 0 Å². The summed E-state index contributed by atoms with van der Waals surface area (Å²) in [5.41, 5.74) is 2.57. The summed E-state index contributed by atoms with van der Waals surface area (Å²) in [4.78, 5) is 17.4. The van der Waals surface area contributed by atoms with Crippen molar-refractivity contribution in [3.63, 3.8) is 0 Å². The molecule has 0 amide bonds. The number of halogens is 3. The summed E-state index contributed by atoms with van der Waals surface area (Å²) < 4.78 is 20.2. The predicted molar refractivity (Wildman–Crippen MR) is 117 cm³/mol. The molecule has 0 fully saturated rings. The molecule has 152 valence electrons. The monoisotopic (exact) mass is 441 g/mol. The van der Waals surface area contributed by atoms with Gasteiger partial charge >= 0.3 is 5.97 Å². The van der Waals surface area contributed by atoms with E-state index in [1.165, 1.54) is 13.2 Å². The molecular formula is C24H18Cl2FNO2. The lowest BCUT2D eigenvalue weighted by Gasteiger charge is -2.26. The fourth-order valence-corrected chi connectivity index (χ4v) is 4.42. The number of benzene rings is 3. The van der Waals surface area contributed by atoms with E-state index in [0.29, 0.717) is 16.3 Å². The Morgan fingerprint density at radius 3 is 2.43 bits per heavy atom. The lowest BCUT2D eigenvalue weighted by molar-refractivity contribution is -0.142. The number of hydrogen-bond acceptors (Lipinski definition) is 3. The molecule has 0 saturated heterocycles. The molecule has 3 aromatic carbocycles. The lowest BCUT2D eigenvalue weighted by Crippen LogP contribution is -2.28. The van der Waals surface area contributed by atoms with Gasteiger partial charge in [0.05, 0.1) is 17.8 Å². The Balaban J connectivity index is 1.96. The second kappa shape index (κ2) is 8.58. The summed E-state index contributed by atoms with van der Waals surface area (Å²) in [6.45, 7) is 0. The molecule has 0 spiro atoms. The summed E-state index contributed by atoms with van der Waals surface area (Å²) in [6.07, 6.45) is 0. The Morgan fingerprint density at radius 1 is 1.00 bits per heavy atom. The second-order valence-electron chi connectivity index (χ2n) is 7.05. The zero-order valence-electron chi connectivity index (χ0n) is 16.1. The third-order valence-corrected chi connectivity index (χ3v) is 5.86. The van der Waals surface area contributed by atoms with Gasteiger partial charge in [-0.3, -0.25) is 4.99 Å². The number of methoxy groups -OCH3 is 1. The molecule has 0 bridgehead atoms. The fraction of sp³-hybridized carbons (Fsp3) is 0.167. The van der Waals surface area contributed by atoms with Crippen LogP contribution < -0.4 is 0 Å². The van der Waals surface area contributed by atoms with E-state index in [-0.39, 0.29) is 5.02 Å². The van der Waals surface area contributed by atoms with Crippen LogP contribution in [0.2, 0.25) is 10.0 Å². The second-order valence-corrected chi connectivity index (χ2v) is 7.89. The summed E-state index contributed by atoms with van der Waals surface area (Å²) in [5, 5.41) is 0.542. The van der Waals surface area contributed by atoms with Crippen molar-refractivity contribution in [3.05, 3.63) is 105 Å².